The molecule has 34 heavy (non-hydrogen) atoms. The van der Waals surface area contributed by atoms with E-state index in [1.165, 1.54) is 27.4 Å². The fourth-order valence-corrected chi connectivity index (χ4v) is 4.15. The molecule has 0 aliphatic carbocycles. The SMILES string of the molecule is COc1ccc(/C=C2\Oc3cc(OC(=O)c4ccccc4Br)cc(C)c3C2=O)c(OC)c1OC. The highest BCUT2D eigenvalue weighted by Gasteiger charge is 2.31. The molecule has 0 N–H and O–H groups in total. The minimum atomic E-state index is -0.526. The zero-order chi connectivity index (χ0) is 24.4. The predicted octanol–water partition coefficient (Wildman–Crippen LogP) is 5.62. The molecule has 0 fully saturated rings. The van der Waals surface area contributed by atoms with Crippen LogP contribution in [0.4, 0.5) is 0 Å². The van der Waals surface area contributed by atoms with Crippen LogP contribution in [-0.4, -0.2) is 33.1 Å². The molecule has 0 saturated carbocycles. The predicted molar refractivity (Wildman–Crippen MR) is 129 cm³/mol. The molecule has 1 aliphatic rings. The highest BCUT2D eigenvalue weighted by atomic mass is 79.9. The first-order chi connectivity index (χ1) is 16.4. The number of Topliss-reactive ketones (excluding diaryl/α,β-unsaturated/α-hetero) is 1. The van der Waals surface area contributed by atoms with Crippen LogP contribution in [0.2, 0.25) is 0 Å². The van der Waals surface area contributed by atoms with Crippen molar-refractivity contribution >= 4 is 33.8 Å². The average Bonchev–Trinajstić information content (AvgIpc) is 3.13. The number of fused-ring (bicyclic) bond motifs is 1. The van der Waals surface area contributed by atoms with E-state index in [0.29, 0.717) is 49.7 Å². The van der Waals surface area contributed by atoms with Gasteiger partial charge in [-0.15, -0.1) is 0 Å². The Morgan fingerprint density at radius 1 is 0.971 bits per heavy atom. The molecular weight excluding hydrogens is 504 g/mol. The number of allylic oxidation sites excluding steroid dienone is 1. The van der Waals surface area contributed by atoms with E-state index >= 15 is 0 Å². The van der Waals surface area contributed by atoms with Gasteiger partial charge in [-0.2, -0.15) is 0 Å². The molecule has 1 aliphatic heterocycles. The van der Waals surface area contributed by atoms with Crippen molar-refractivity contribution in [3.8, 4) is 28.7 Å². The van der Waals surface area contributed by atoms with Crippen LogP contribution in [0.3, 0.4) is 0 Å². The number of ketones is 1. The minimum Gasteiger partial charge on any atom is -0.493 e. The first kappa shape index (κ1) is 23.4. The van der Waals surface area contributed by atoms with E-state index in [2.05, 4.69) is 15.9 Å². The van der Waals surface area contributed by atoms with Crippen LogP contribution in [-0.2, 0) is 0 Å². The molecule has 0 saturated heterocycles. The molecule has 0 amide bonds. The number of aryl methyl sites for hydroxylation is 1. The smallest absolute Gasteiger partial charge is 0.344 e. The van der Waals surface area contributed by atoms with Crippen LogP contribution in [0.25, 0.3) is 6.08 Å². The highest BCUT2D eigenvalue weighted by molar-refractivity contribution is 9.10. The summed E-state index contributed by atoms with van der Waals surface area (Å²) in [6.45, 7) is 1.76. The van der Waals surface area contributed by atoms with Crippen molar-refractivity contribution in [1.29, 1.82) is 0 Å². The standard InChI is InChI=1S/C26H21BrO7/c1-14-11-16(33-26(29)17-7-5-6-8-18(17)27)13-20-22(14)23(28)21(34-20)12-15-9-10-19(30-2)25(32-4)24(15)31-3/h5-13H,1-4H3/b21-12-. The summed E-state index contributed by atoms with van der Waals surface area (Å²) in [5, 5.41) is 0. The summed E-state index contributed by atoms with van der Waals surface area (Å²) in [4.78, 5) is 25.7. The number of hydrogen-bond donors (Lipinski definition) is 0. The van der Waals surface area contributed by atoms with E-state index in [4.69, 9.17) is 23.7 Å². The van der Waals surface area contributed by atoms with Gasteiger partial charge < -0.3 is 23.7 Å². The van der Waals surface area contributed by atoms with Crippen LogP contribution < -0.4 is 23.7 Å². The summed E-state index contributed by atoms with van der Waals surface area (Å²) in [5.41, 5.74) is 2.00. The molecule has 174 valence electrons. The van der Waals surface area contributed by atoms with Gasteiger partial charge in [0.15, 0.2) is 17.3 Å². The van der Waals surface area contributed by atoms with Crippen LogP contribution in [0.5, 0.6) is 28.7 Å². The molecule has 0 bridgehead atoms. The normalized spacial score (nSPS) is 13.3. The summed E-state index contributed by atoms with van der Waals surface area (Å²) in [5.74, 6) is 1.19. The van der Waals surface area contributed by atoms with Gasteiger partial charge in [-0.25, -0.2) is 4.79 Å². The molecule has 0 radical (unpaired) electrons. The fourth-order valence-electron chi connectivity index (χ4n) is 3.70. The lowest BCUT2D eigenvalue weighted by Crippen LogP contribution is -2.09. The highest BCUT2D eigenvalue weighted by Crippen LogP contribution is 2.42. The zero-order valence-electron chi connectivity index (χ0n) is 18.9. The minimum absolute atomic E-state index is 0.109. The monoisotopic (exact) mass is 524 g/mol. The maximum atomic E-state index is 13.1. The lowest BCUT2D eigenvalue weighted by Gasteiger charge is -2.14. The van der Waals surface area contributed by atoms with Gasteiger partial charge in [0, 0.05) is 16.1 Å². The zero-order valence-corrected chi connectivity index (χ0v) is 20.5. The van der Waals surface area contributed by atoms with Gasteiger partial charge in [-0.1, -0.05) is 12.1 Å². The molecule has 1 heterocycles. The topological polar surface area (TPSA) is 80.3 Å². The summed E-state index contributed by atoms with van der Waals surface area (Å²) in [6.07, 6.45) is 1.58. The Hall–Kier alpha value is -3.78. The third-order valence-corrected chi connectivity index (χ3v) is 5.96. The summed E-state index contributed by atoms with van der Waals surface area (Å²) < 4.78 is 28.2. The second kappa shape index (κ2) is 9.61. The van der Waals surface area contributed by atoms with Gasteiger partial charge in [0.25, 0.3) is 0 Å². The fraction of sp³-hybridized carbons (Fsp3) is 0.154. The van der Waals surface area contributed by atoms with Gasteiger partial charge in [0.1, 0.15) is 11.5 Å². The van der Waals surface area contributed by atoms with E-state index in [9.17, 15) is 9.59 Å². The molecule has 0 unspecified atom stereocenters. The number of halogens is 1. The maximum Gasteiger partial charge on any atom is 0.344 e. The second-order valence-electron chi connectivity index (χ2n) is 7.35. The second-order valence-corrected chi connectivity index (χ2v) is 8.20. The van der Waals surface area contributed by atoms with E-state index in [1.54, 1.807) is 55.5 Å². The molecule has 3 aromatic rings. The van der Waals surface area contributed by atoms with Gasteiger partial charge in [-0.05, 0) is 64.8 Å². The number of benzene rings is 3. The van der Waals surface area contributed by atoms with Crippen molar-refractivity contribution in [3.63, 3.8) is 0 Å². The molecule has 4 rings (SSSR count). The van der Waals surface area contributed by atoms with Crippen molar-refractivity contribution in [2.75, 3.05) is 21.3 Å². The Kier molecular flexibility index (Phi) is 6.61. The lowest BCUT2D eigenvalue weighted by molar-refractivity contribution is 0.0733. The van der Waals surface area contributed by atoms with Crippen molar-refractivity contribution < 1.29 is 33.3 Å². The number of esters is 1. The molecule has 8 heteroatoms. The van der Waals surface area contributed by atoms with Crippen molar-refractivity contribution in [3.05, 3.63) is 81.0 Å². The summed E-state index contributed by atoms with van der Waals surface area (Å²) in [7, 11) is 4.53. The molecule has 7 nitrogen and oxygen atoms in total. The quantitative estimate of drug-likeness (QED) is 0.235. The van der Waals surface area contributed by atoms with Gasteiger partial charge in [0.2, 0.25) is 11.5 Å². The molecule has 0 aromatic heterocycles. The Balaban J connectivity index is 1.66. The van der Waals surface area contributed by atoms with Crippen molar-refractivity contribution in [2.24, 2.45) is 0 Å². The van der Waals surface area contributed by atoms with Crippen LogP contribution in [0.1, 0.15) is 31.8 Å². The van der Waals surface area contributed by atoms with E-state index in [1.807, 2.05) is 0 Å². The lowest BCUT2D eigenvalue weighted by atomic mass is 10.0. The third-order valence-electron chi connectivity index (χ3n) is 5.27. The van der Waals surface area contributed by atoms with Gasteiger partial charge in [0.05, 0.1) is 32.5 Å². The van der Waals surface area contributed by atoms with E-state index in [0.717, 1.165) is 0 Å². The Labute approximate surface area is 205 Å². The number of rotatable bonds is 6. The maximum absolute atomic E-state index is 13.1. The molecular formula is C26H21BrO7. The Morgan fingerprint density at radius 3 is 2.38 bits per heavy atom. The Morgan fingerprint density at radius 2 is 1.71 bits per heavy atom. The van der Waals surface area contributed by atoms with Crippen LogP contribution >= 0.6 is 15.9 Å². The third kappa shape index (κ3) is 4.24. The number of carbonyl (C=O) groups is 2. The van der Waals surface area contributed by atoms with Crippen LogP contribution in [0, 0.1) is 6.92 Å². The summed E-state index contributed by atoms with van der Waals surface area (Å²) >= 11 is 3.35. The number of carbonyl (C=O) groups excluding carboxylic acids is 2. The first-order valence-electron chi connectivity index (χ1n) is 10.2. The molecule has 3 aromatic carbocycles. The first-order valence-corrected chi connectivity index (χ1v) is 11.0. The van der Waals surface area contributed by atoms with E-state index in [-0.39, 0.29) is 17.3 Å². The van der Waals surface area contributed by atoms with Gasteiger partial charge >= 0.3 is 5.97 Å². The van der Waals surface area contributed by atoms with E-state index < -0.39 is 5.97 Å². The van der Waals surface area contributed by atoms with Crippen LogP contribution in [0.15, 0.2) is 58.8 Å². The molecule has 0 atom stereocenters. The van der Waals surface area contributed by atoms with Crippen molar-refractivity contribution in [2.45, 2.75) is 6.92 Å². The number of methoxy groups -OCH3 is 3. The number of hydrogen-bond acceptors (Lipinski definition) is 7. The van der Waals surface area contributed by atoms with Crippen molar-refractivity contribution in [1.82, 2.24) is 0 Å². The largest absolute Gasteiger partial charge is 0.493 e. The van der Waals surface area contributed by atoms with Gasteiger partial charge in [-0.3, -0.25) is 4.79 Å². The number of ether oxygens (including phenoxy) is 5. The Bertz CT molecular complexity index is 1330. The average molecular weight is 525 g/mol. The molecule has 0 spiro atoms. The summed E-state index contributed by atoms with van der Waals surface area (Å²) in [6, 6.07) is 13.6.